The number of allylic oxidation sites excluding steroid dienone is 1. The minimum atomic E-state index is 0.101. The van der Waals surface area contributed by atoms with Gasteiger partial charge in [0.2, 0.25) is 5.91 Å². The van der Waals surface area contributed by atoms with E-state index in [-0.39, 0.29) is 18.1 Å². The first-order chi connectivity index (χ1) is 10.7. The third kappa shape index (κ3) is 3.32. The highest BCUT2D eigenvalue weighted by Crippen LogP contribution is 2.26. The lowest BCUT2D eigenvalue weighted by Crippen LogP contribution is -2.37. The summed E-state index contributed by atoms with van der Waals surface area (Å²) >= 11 is 0. The van der Waals surface area contributed by atoms with Crippen molar-refractivity contribution in [3.05, 3.63) is 23.9 Å². The van der Waals surface area contributed by atoms with Crippen LogP contribution in [0.1, 0.15) is 32.1 Å². The van der Waals surface area contributed by atoms with Crippen LogP contribution in [0.25, 0.3) is 0 Å². The summed E-state index contributed by atoms with van der Waals surface area (Å²) in [6, 6.07) is 1.88. The van der Waals surface area contributed by atoms with Crippen LogP contribution in [-0.4, -0.2) is 46.4 Å². The number of carbonyl (C=O) groups is 1. The van der Waals surface area contributed by atoms with E-state index < -0.39 is 0 Å². The summed E-state index contributed by atoms with van der Waals surface area (Å²) in [6.07, 6.45) is 9.17. The Bertz CT molecular complexity index is 558. The molecule has 3 rings (SSSR count). The molecule has 0 unspecified atom stereocenters. The third-order valence-electron chi connectivity index (χ3n) is 4.62. The van der Waals surface area contributed by atoms with Crippen LogP contribution >= 0.6 is 0 Å². The van der Waals surface area contributed by atoms with Gasteiger partial charge in [-0.1, -0.05) is 5.57 Å². The molecule has 0 radical (unpaired) electrons. The summed E-state index contributed by atoms with van der Waals surface area (Å²) in [5.41, 5.74) is 6.95. The lowest BCUT2D eigenvalue weighted by molar-refractivity contribution is -0.127. The standard InChI is InChI=1S/C16H24N4O2/c1-22-14-9-13(10-19-7-6-15(17)18-19)20(11-14)16(21)8-12-4-2-3-5-12/h6-8,13-14H,2-5,9-11H2,1H3,(H2,17,18)/t13-,14-/m0/s1. The van der Waals surface area contributed by atoms with Gasteiger partial charge in [-0.3, -0.25) is 9.48 Å². The van der Waals surface area contributed by atoms with E-state index in [1.807, 2.05) is 17.2 Å². The van der Waals surface area contributed by atoms with E-state index in [0.717, 1.165) is 19.3 Å². The molecule has 22 heavy (non-hydrogen) atoms. The number of rotatable bonds is 4. The molecule has 6 heteroatoms. The number of nitrogen functional groups attached to an aromatic ring is 1. The molecule has 1 aromatic rings. The summed E-state index contributed by atoms with van der Waals surface area (Å²) < 4.78 is 7.27. The summed E-state index contributed by atoms with van der Waals surface area (Å²) in [5, 5.41) is 4.22. The number of anilines is 1. The quantitative estimate of drug-likeness (QED) is 0.857. The SMILES string of the molecule is CO[C@H]1C[C@@H](Cn2ccc(N)n2)N(C(=O)C=C2CCCC2)C1. The first-order valence-corrected chi connectivity index (χ1v) is 7.97. The molecule has 2 atom stereocenters. The van der Waals surface area contributed by atoms with Crippen LogP contribution in [0, 0.1) is 0 Å². The zero-order valence-corrected chi connectivity index (χ0v) is 13.1. The fourth-order valence-corrected chi connectivity index (χ4v) is 3.41. The Balaban J connectivity index is 1.71. The van der Waals surface area contributed by atoms with Crippen molar-refractivity contribution in [1.29, 1.82) is 0 Å². The molecule has 1 amide bonds. The maximum Gasteiger partial charge on any atom is 0.246 e. The second kappa shape index (κ2) is 6.52. The molecule has 1 saturated carbocycles. The van der Waals surface area contributed by atoms with Crippen molar-refractivity contribution in [1.82, 2.24) is 14.7 Å². The van der Waals surface area contributed by atoms with Crippen molar-refractivity contribution < 1.29 is 9.53 Å². The third-order valence-corrected chi connectivity index (χ3v) is 4.62. The average Bonchev–Trinajstić information content (AvgIpc) is 3.21. The van der Waals surface area contributed by atoms with Crippen molar-refractivity contribution in [2.75, 3.05) is 19.4 Å². The lowest BCUT2D eigenvalue weighted by atomic mass is 10.2. The molecule has 2 N–H and O–H groups in total. The number of ether oxygens (including phenoxy) is 1. The lowest BCUT2D eigenvalue weighted by Gasteiger charge is -2.23. The molecular formula is C16H24N4O2. The molecule has 120 valence electrons. The maximum absolute atomic E-state index is 12.6. The van der Waals surface area contributed by atoms with E-state index in [9.17, 15) is 4.79 Å². The largest absolute Gasteiger partial charge is 0.382 e. The van der Waals surface area contributed by atoms with Crippen LogP contribution in [0.2, 0.25) is 0 Å². The molecule has 1 saturated heterocycles. The summed E-state index contributed by atoms with van der Waals surface area (Å²) in [4.78, 5) is 14.5. The Morgan fingerprint density at radius 1 is 1.50 bits per heavy atom. The van der Waals surface area contributed by atoms with Crippen LogP contribution in [0.4, 0.5) is 5.82 Å². The van der Waals surface area contributed by atoms with Gasteiger partial charge in [-0.2, -0.15) is 5.10 Å². The van der Waals surface area contributed by atoms with E-state index >= 15 is 0 Å². The number of aromatic nitrogens is 2. The smallest absolute Gasteiger partial charge is 0.246 e. The topological polar surface area (TPSA) is 73.4 Å². The van der Waals surface area contributed by atoms with Crippen LogP contribution in [-0.2, 0) is 16.1 Å². The van der Waals surface area contributed by atoms with E-state index in [4.69, 9.17) is 10.5 Å². The first kappa shape index (κ1) is 15.1. The molecule has 2 aliphatic rings. The van der Waals surface area contributed by atoms with Crippen LogP contribution in [0.15, 0.2) is 23.9 Å². The number of hydrogen-bond acceptors (Lipinski definition) is 4. The van der Waals surface area contributed by atoms with Gasteiger partial charge in [-0.15, -0.1) is 0 Å². The van der Waals surface area contributed by atoms with Crippen molar-refractivity contribution in [2.24, 2.45) is 0 Å². The second-order valence-corrected chi connectivity index (χ2v) is 6.21. The van der Waals surface area contributed by atoms with Gasteiger partial charge in [-0.25, -0.2) is 0 Å². The number of amides is 1. The number of hydrogen-bond donors (Lipinski definition) is 1. The molecule has 2 heterocycles. The number of nitrogens with zero attached hydrogens (tertiary/aromatic N) is 3. The predicted octanol–water partition coefficient (Wildman–Crippen LogP) is 1.58. The van der Waals surface area contributed by atoms with Gasteiger partial charge in [0.25, 0.3) is 0 Å². The summed E-state index contributed by atoms with van der Waals surface area (Å²) in [6.45, 7) is 1.31. The second-order valence-electron chi connectivity index (χ2n) is 6.21. The van der Waals surface area contributed by atoms with Crippen molar-refractivity contribution in [3.8, 4) is 0 Å². The molecule has 0 bridgehead atoms. The van der Waals surface area contributed by atoms with E-state index in [1.165, 1.54) is 18.4 Å². The molecule has 0 spiro atoms. The Morgan fingerprint density at radius 2 is 2.27 bits per heavy atom. The molecular weight excluding hydrogens is 280 g/mol. The Kier molecular flexibility index (Phi) is 4.47. The van der Waals surface area contributed by atoms with Crippen molar-refractivity contribution in [2.45, 2.75) is 50.8 Å². The Morgan fingerprint density at radius 3 is 2.91 bits per heavy atom. The predicted molar refractivity (Wildman–Crippen MR) is 84.1 cm³/mol. The highest BCUT2D eigenvalue weighted by molar-refractivity contribution is 5.89. The monoisotopic (exact) mass is 304 g/mol. The van der Waals surface area contributed by atoms with Gasteiger partial charge in [0.15, 0.2) is 0 Å². The number of nitrogens with two attached hydrogens (primary N) is 1. The van der Waals surface area contributed by atoms with Crippen molar-refractivity contribution >= 4 is 11.7 Å². The molecule has 2 fully saturated rings. The van der Waals surface area contributed by atoms with Gasteiger partial charge in [0.05, 0.1) is 18.7 Å². The van der Waals surface area contributed by atoms with Gasteiger partial charge < -0.3 is 15.4 Å². The zero-order valence-electron chi connectivity index (χ0n) is 13.1. The fraction of sp³-hybridized carbons (Fsp3) is 0.625. The summed E-state index contributed by atoms with van der Waals surface area (Å²) in [7, 11) is 1.71. The number of carbonyl (C=O) groups excluding carboxylic acids is 1. The summed E-state index contributed by atoms with van der Waals surface area (Å²) in [5.74, 6) is 0.619. The van der Waals surface area contributed by atoms with Gasteiger partial charge in [-0.05, 0) is 38.2 Å². The van der Waals surface area contributed by atoms with Gasteiger partial charge >= 0.3 is 0 Å². The Labute approximate surface area is 130 Å². The Hall–Kier alpha value is -1.82. The van der Waals surface area contributed by atoms with E-state index in [0.29, 0.717) is 18.9 Å². The van der Waals surface area contributed by atoms with Crippen LogP contribution < -0.4 is 5.73 Å². The molecule has 0 aromatic carbocycles. The first-order valence-electron chi connectivity index (χ1n) is 7.97. The normalized spacial score (nSPS) is 25.0. The van der Waals surface area contributed by atoms with Crippen LogP contribution in [0.5, 0.6) is 0 Å². The highest BCUT2D eigenvalue weighted by atomic mass is 16.5. The minimum absolute atomic E-state index is 0.101. The molecule has 1 aliphatic heterocycles. The highest BCUT2D eigenvalue weighted by Gasteiger charge is 2.35. The fourth-order valence-electron chi connectivity index (χ4n) is 3.41. The van der Waals surface area contributed by atoms with Crippen LogP contribution in [0.3, 0.4) is 0 Å². The maximum atomic E-state index is 12.6. The van der Waals surface area contributed by atoms with Gasteiger partial charge in [0, 0.05) is 25.9 Å². The number of likely N-dealkylation sites (tertiary alicyclic amines) is 1. The average molecular weight is 304 g/mol. The zero-order chi connectivity index (χ0) is 15.5. The molecule has 1 aromatic heterocycles. The van der Waals surface area contributed by atoms with E-state index in [2.05, 4.69) is 5.10 Å². The molecule has 6 nitrogen and oxygen atoms in total. The van der Waals surface area contributed by atoms with Crippen molar-refractivity contribution in [3.63, 3.8) is 0 Å². The minimum Gasteiger partial charge on any atom is -0.382 e. The van der Waals surface area contributed by atoms with Gasteiger partial charge in [0.1, 0.15) is 5.82 Å². The number of methoxy groups -OCH3 is 1. The van der Waals surface area contributed by atoms with E-state index in [1.54, 1.807) is 17.9 Å². The molecule has 1 aliphatic carbocycles.